The Morgan fingerprint density at radius 3 is 2.47 bits per heavy atom. The molecule has 1 saturated heterocycles. The second-order valence-electron chi connectivity index (χ2n) is 7.98. The van der Waals surface area contributed by atoms with Crippen molar-refractivity contribution in [2.75, 3.05) is 42.1 Å². The number of carbonyl (C=O) groups is 2. The monoisotopic (exact) mass is 498 g/mol. The van der Waals surface area contributed by atoms with Crippen LogP contribution in [0.5, 0.6) is 0 Å². The first kappa shape index (κ1) is 24.1. The van der Waals surface area contributed by atoms with Crippen molar-refractivity contribution in [1.82, 2.24) is 19.7 Å². The van der Waals surface area contributed by atoms with Crippen LogP contribution in [-0.4, -0.2) is 63.4 Å². The van der Waals surface area contributed by atoms with Gasteiger partial charge in [-0.05, 0) is 42.5 Å². The highest BCUT2D eigenvalue weighted by molar-refractivity contribution is 7.99. The van der Waals surface area contributed by atoms with E-state index in [9.17, 15) is 9.59 Å². The normalized spacial score (nSPS) is 13.7. The molecule has 0 radical (unpaired) electrons. The van der Waals surface area contributed by atoms with E-state index in [0.29, 0.717) is 36.2 Å². The van der Waals surface area contributed by atoms with Crippen LogP contribution in [-0.2, 0) is 16.6 Å². The van der Waals surface area contributed by atoms with E-state index < -0.39 is 0 Å². The average molecular weight is 499 g/mol. The van der Waals surface area contributed by atoms with Gasteiger partial charge in [-0.3, -0.25) is 9.59 Å². The zero-order chi connectivity index (χ0) is 24.1. The SMILES string of the molecule is CCC(=O)Nc1ccc(-c2nnc(SCC(=O)N3CCN(c4cccc(Cl)c4)CC3)n2C)cc1. The number of thioether (sulfide) groups is 1. The van der Waals surface area contributed by atoms with Crippen LogP contribution < -0.4 is 10.2 Å². The van der Waals surface area contributed by atoms with Gasteiger partial charge in [0.05, 0.1) is 5.75 Å². The average Bonchev–Trinajstić information content (AvgIpc) is 3.23. The highest BCUT2D eigenvalue weighted by atomic mass is 35.5. The summed E-state index contributed by atoms with van der Waals surface area (Å²) in [7, 11) is 1.89. The molecule has 8 nitrogen and oxygen atoms in total. The number of hydrogen-bond acceptors (Lipinski definition) is 6. The highest BCUT2D eigenvalue weighted by Crippen LogP contribution is 2.25. The summed E-state index contributed by atoms with van der Waals surface area (Å²) in [6.45, 7) is 4.72. The Balaban J connectivity index is 1.30. The Morgan fingerprint density at radius 2 is 1.79 bits per heavy atom. The molecular formula is C24H27ClN6O2S. The molecule has 0 saturated carbocycles. The molecule has 4 rings (SSSR count). The van der Waals surface area contributed by atoms with Gasteiger partial charge in [-0.2, -0.15) is 0 Å². The Hall–Kier alpha value is -3.04. The third-order valence-corrected chi connectivity index (χ3v) is 6.95. The topological polar surface area (TPSA) is 83.4 Å². The van der Waals surface area contributed by atoms with Crippen molar-refractivity contribution < 1.29 is 9.59 Å². The van der Waals surface area contributed by atoms with Gasteiger partial charge in [0.15, 0.2) is 11.0 Å². The maximum atomic E-state index is 12.8. The molecule has 10 heteroatoms. The number of benzene rings is 2. The smallest absolute Gasteiger partial charge is 0.233 e. The van der Waals surface area contributed by atoms with Crippen molar-refractivity contribution in [3.63, 3.8) is 0 Å². The fourth-order valence-corrected chi connectivity index (χ4v) is 4.75. The zero-order valence-electron chi connectivity index (χ0n) is 19.2. The lowest BCUT2D eigenvalue weighted by Gasteiger charge is -2.36. The van der Waals surface area contributed by atoms with Gasteiger partial charge < -0.3 is 19.7 Å². The van der Waals surface area contributed by atoms with Gasteiger partial charge in [-0.25, -0.2) is 0 Å². The summed E-state index contributed by atoms with van der Waals surface area (Å²) in [6, 6.07) is 15.3. The molecule has 34 heavy (non-hydrogen) atoms. The fourth-order valence-electron chi connectivity index (χ4n) is 3.75. The molecule has 1 fully saturated rings. The molecule has 2 aromatic carbocycles. The lowest BCUT2D eigenvalue weighted by Crippen LogP contribution is -2.49. The Morgan fingerprint density at radius 1 is 1.06 bits per heavy atom. The third-order valence-electron chi connectivity index (χ3n) is 5.71. The molecule has 1 N–H and O–H groups in total. The van der Waals surface area contributed by atoms with E-state index in [-0.39, 0.29) is 11.8 Å². The number of nitrogens with one attached hydrogen (secondary N) is 1. The summed E-state index contributed by atoms with van der Waals surface area (Å²) in [6.07, 6.45) is 0.432. The third kappa shape index (κ3) is 5.71. The number of aromatic nitrogens is 3. The lowest BCUT2D eigenvalue weighted by atomic mass is 10.2. The predicted octanol–water partition coefficient (Wildman–Crippen LogP) is 3.92. The van der Waals surface area contributed by atoms with Crippen molar-refractivity contribution in [1.29, 1.82) is 0 Å². The molecule has 1 aromatic heterocycles. The summed E-state index contributed by atoms with van der Waals surface area (Å²) in [5.74, 6) is 1.08. The molecule has 1 aliphatic rings. The van der Waals surface area contributed by atoms with E-state index in [1.165, 1.54) is 11.8 Å². The summed E-state index contributed by atoms with van der Waals surface area (Å²) in [5.41, 5.74) is 2.72. The number of carbonyl (C=O) groups excluding carboxylic acids is 2. The summed E-state index contributed by atoms with van der Waals surface area (Å²) in [5, 5.41) is 12.8. The summed E-state index contributed by atoms with van der Waals surface area (Å²) < 4.78 is 1.88. The highest BCUT2D eigenvalue weighted by Gasteiger charge is 2.22. The number of halogens is 1. The minimum absolute atomic E-state index is 0.0272. The lowest BCUT2D eigenvalue weighted by molar-refractivity contribution is -0.128. The second kappa shape index (κ2) is 10.9. The number of amides is 2. The second-order valence-corrected chi connectivity index (χ2v) is 9.36. The maximum Gasteiger partial charge on any atom is 0.233 e. The van der Waals surface area contributed by atoms with E-state index >= 15 is 0 Å². The van der Waals surface area contributed by atoms with Crippen LogP contribution in [0.25, 0.3) is 11.4 Å². The molecule has 0 spiro atoms. The Bertz CT molecular complexity index is 1160. The number of piperazine rings is 1. The quantitative estimate of drug-likeness (QED) is 0.497. The molecule has 1 aliphatic heterocycles. The molecule has 0 bridgehead atoms. The molecule has 2 heterocycles. The number of nitrogens with zero attached hydrogens (tertiary/aromatic N) is 5. The van der Waals surface area contributed by atoms with Crippen LogP contribution in [0.3, 0.4) is 0 Å². The standard InChI is InChI=1S/C24H27ClN6O2S/c1-3-21(32)26-19-9-7-17(8-10-19)23-27-28-24(29(23)2)34-16-22(33)31-13-11-30(12-14-31)20-6-4-5-18(25)15-20/h4-10,15H,3,11-14,16H2,1-2H3,(H,26,32). The van der Waals surface area contributed by atoms with Crippen LogP contribution >= 0.6 is 23.4 Å². The Kier molecular flexibility index (Phi) is 7.74. The van der Waals surface area contributed by atoms with Gasteiger partial charge in [0.25, 0.3) is 0 Å². The van der Waals surface area contributed by atoms with Crippen LogP contribution in [0, 0.1) is 0 Å². The first-order valence-electron chi connectivity index (χ1n) is 11.2. The van der Waals surface area contributed by atoms with Crippen molar-refractivity contribution in [3.8, 4) is 11.4 Å². The van der Waals surface area contributed by atoms with Gasteiger partial charge in [0.2, 0.25) is 11.8 Å². The van der Waals surface area contributed by atoms with Crippen molar-refractivity contribution in [2.45, 2.75) is 18.5 Å². The van der Waals surface area contributed by atoms with E-state index in [1.807, 2.05) is 72.0 Å². The van der Waals surface area contributed by atoms with E-state index in [2.05, 4.69) is 20.4 Å². The first-order chi connectivity index (χ1) is 16.4. The van der Waals surface area contributed by atoms with Crippen molar-refractivity contribution in [2.24, 2.45) is 7.05 Å². The molecule has 178 valence electrons. The van der Waals surface area contributed by atoms with E-state index in [1.54, 1.807) is 0 Å². The van der Waals surface area contributed by atoms with Crippen LogP contribution in [0.2, 0.25) is 5.02 Å². The van der Waals surface area contributed by atoms with Gasteiger partial charge >= 0.3 is 0 Å². The molecule has 3 aromatic rings. The molecule has 2 amide bonds. The largest absolute Gasteiger partial charge is 0.368 e. The maximum absolute atomic E-state index is 12.8. The van der Waals surface area contributed by atoms with Crippen molar-refractivity contribution >= 4 is 46.6 Å². The minimum atomic E-state index is -0.0272. The number of rotatable bonds is 7. The van der Waals surface area contributed by atoms with Gasteiger partial charge in [-0.1, -0.05) is 36.4 Å². The molecule has 0 unspecified atom stereocenters. The molecule has 0 atom stereocenters. The summed E-state index contributed by atoms with van der Waals surface area (Å²) >= 11 is 7.49. The Labute approximate surface area is 208 Å². The molecular weight excluding hydrogens is 472 g/mol. The first-order valence-corrected chi connectivity index (χ1v) is 12.5. The van der Waals surface area contributed by atoms with Crippen molar-refractivity contribution in [3.05, 3.63) is 53.6 Å². The zero-order valence-corrected chi connectivity index (χ0v) is 20.8. The minimum Gasteiger partial charge on any atom is -0.368 e. The fraction of sp³-hybridized carbons (Fsp3) is 0.333. The van der Waals surface area contributed by atoms with Gasteiger partial charge in [0.1, 0.15) is 0 Å². The number of hydrogen-bond donors (Lipinski definition) is 1. The number of anilines is 2. The van der Waals surface area contributed by atoms with Gasteiger partial charge in [0, 0.05) is 61.6 Å². The molecule has 0 aliphatic carbocycles. The van der Waals surface area contributed by atoms with Crippen LogP contribution in [0.1, 0.15) is 13.3 Å². The van der Waals surface area contributed by atoms with Crippen LogP contribution in [0.4, 0.5) is 11.4 Å². The van der Waals surface area contributed by atoms with Crippen LogP contribution in [0.15, 0.2) is 53.7 Å². The van der Waals surface area contributed by atoms with Gasteiger partial charge in [-0.15, -0.1) is 10.2 Å². The predicted molar refractivity (Wildman–Crippen MR) is 136 cm³/mol. The van der Waals surface area contributed by atoms with E-state index in [4.69, 9.17) is 11.6 Å². The summed E-state index contributed by atoms with van der Waals surface area (Å²) in [4.78, 5) is 28.5. The van der Waals surface area contributed by atoms with E-state index in [0.717, 1.165) is 35.1 Å².